The number of benzene rings is 7. The molecule has 0 saturated carbocycles. The van der Waals surface area contributed by atoms with Crippen molar-refractivity contribution < 1.29 is 4.42 Å². The molecule has 2 nitrogen and oxygen atoms in total. The van der Waals surface area contributed by atoms with Crippen LogP contribution in [0.4, 0.5) is 5.69 Å². The molecule has 214 valence electrons. The SMILES string of the molecule is c1ccc2c(c1)-c1ccccc1C21c2ccccc2C2(c3ccccc3-c3ccccc32)N1c1ccc2oc3ccccc3c2c1. The molecule has 11 rings (SSSR count). The summed E-state index contributed by atoms with van der Waals surface area (Å²) in [5.74, 6) is 0. The summed E-state index contributed by atoms with van der Waals surface area (Å²) in [7, 11) is 0. The molecular weight excluding hydrogens is 558 g/mol. The molecule has 2 heteroatoms. The van der Waals surface area contributed by atoms with Crippen molar-refractivity contribution in [1.29, 1.82) is 0 Å². The smallest absolute Gasteiger partial charge is 0.135 e. The quantitative estimate of drug-likeness (QED) is 0.191. The van der Waals surface area contributed by atoms with Gasteiger partial charge in [-0.15, -0.1) is 0 Å². The van der Waals surface area contributed by atoms with Crippen LogP contribution >= 0.6 is 0 Å². The lowest BCUT2D eigenvalue weighted by atomic mass is 9.79. The van der Waals surface area contributed by atoms with Gasteiger partial charge in [0.05, 0.1) is 0 Å². The lowest BCUT2D eigenvalue weighted by Gasteiger charge is -2.48. The Morgan fingerprint density at radius 1 is 0.348 bits per heavy atom. The van der Waals surface area contributed by atoms with E-state index in [0.717, 1.165) is 27.6 Å². The number of hydrogen-bond donors (Lipinski definition) is 0. The molecule has 2 heterocycles. The molecule has 0 atom stereocenters. The Balaban J connectivity index is 1.38. The Labute approximate surface area is 266 Å². The highest BCUT2D eigenvalue weighted by molar-refractivity contribution is 6.07. The first kappa shape index (κ1) is 24.5. The Bertz CT molecular complexity index is 2360. The first-order valence-electron chi connectivity index (χ1n) is 16.0. The summed E-state index contributed by atoms with van der Waals surface area (Å²) >= 11 is 0. The maximum atomic E-state index is 6.37. The molecule has 0 radical (unpaired) electrons. The minimum atomic E-state index is -0.582. The number of furan rings is 1. The standard InChI is InChI=1S/C44H27NO/c1-6-18-35-29(13-1)30-14-2-7-19-36(30)43(35)39-22-10-11-23-40(39)44(37-20-8-3-15-31(37)32-16-4-9-21-38(32)44)45(43)28-25-26-42-34(27-28)33-17-5-12-24-41(33)46-42/h1-27H. The average molecular weight is 586 g/mol. The molecule has 0 bridgehead atoms. The third-order valence-electron chi connectivity index (χ3n) is 10.8. The lowest BCUT2D eigenvalue weighted by Crippen LogP contribution is -2.52. The topological polar surface area (TPSA) is 16.4 Å². The average Bonchev–Trinajstić information content (AvgIpc) is 3.82. The maximum Gasteiger partial charge on any atom is 0.135 e. The Morgan fingerprint density at radius 2 is 0.739 bits per heavy atom. The van der Waals surface area contributed by atoms with E-state index >= 15 is 0 Å². The van der Waals surface area contributed by atoms with Crippen molar-refractivity contribution in [1.82, 2.24) is 0 Å². The molecule has 0 N–H and O–H groups in total. The molecular formula is C44H27NO. The third-order valence-corrected chi connectivity index (χ3v) is 10.8. The Kier molecular flexibility index (Phi) is 4.49. The van der Waals surface area contributed by atoms with Crippen molar-refractivity contribution in [3.63, 3.8) is 0 Å². The van der Waals surface area contributed by atoms with Crippen LogP contribution in [0.5, 0.6) is 0 Å². The second kappa shape index (κ2) is 8.44. The zero-order chi connectivity index (χ0) is 30.0. The zero-order valence-electron chi connectivity index (χ0n) is 24.9. The molecule has 0 saturated heterocycles. The van der Waals surface area contributed by atoms with Crippen molar-refractivity contribution in [3.8, 4) is 22.3 Å². The van der Waals surface area contributed by atoms with E-state index in [1.165, 1.54) is 55.6 Å². The molecule has 7 aromatic carbocycles. The fourth-order valence-electron chi connectivity index (χ4n) is 9.33. The van der Waals surface area contributed by atoms with Gasteiger partial charge < -0.3 is 9.32 Å². The van der Waals surface area contributed by atoms with Crippen LogP contribution in [0.1, 0.15) is 33.4 Å². The van der Waals surface area contributed by atoms with Crippen molar-refractivity contribution >= 4 is 27.6 Å². The first-order valence-corrected chi connectivity index (χ1v) is 16.0. The van der Waals surface area contributed by atoms with Crippen molar-refractivity contribution in [3.05, 3.63) is 197 Å². The van der Waals surface area contributed by atoms with Crippen LogP contribution in [0, 0.1) is 0 Å². The molecule has 46 heavy (non-hydrogen) atoms. The van der Waals surface area contributed by atoms with Crippen LogP contribution < -0.4 is 4.90 Å². The zero-order valence-corrected chi connectivity index (χ0v) is 24.9. The summed E-state index contributed by atoms with van der Waals surface area (Å²) in [5, 5.41) is 2.27. The van der Waals surface area contributed by atoms with Gasteiger partial charge in [-0.05, 0) is 79.9 Å². The minimum Gasteiger partial charge on any atom is -0.456 e. The normalized spacial score (nSPS) is 15.7. The second-order valence-corrected chi connectivity index (χ2v) is 12.8. The molecule has 3 aliphatic rings. The Hall–Kier alpha value is -5.86. The highest BCUT2D eigenvalue weighted by atomic mass is 16.3. The maximum absolute atomic E-state index is 6.37. The highest BCUT2D eigenvalue weighted by Gasteiger charge is 2.66. The minimum absolute atomic E-state index is 0.582. The number of fused-ring (bicyclic) bond motifs is 16. The summed E-state index contributed by atoms with van der Waals surface area (Å²) in [6.07, 6.45) is 0. The first-order chi connectivity index (χ1) is 22.8. The van der Waals surface area contributed by atoms with Gasteiger partial charge in [0.15, 0.2) is 0 Å². The van der Waals surface area contributed by atoms with E-state index in [9.17, 15) is 0 Å². The number of rotatable bonds is 1. The van der Waals surface area contributed by atoms with Crippen LogP contribution in [0.2, 0.25) is 0 Å². The highest BCUT2D eigenvalue weighted by Crippen LogP contribution is 2.69. The van der Waals surface area contributed by atoms with Gasteiger partial charge in [-0.3, -0.25) is 0 Å². The van der Waals surface area contributed by atoms with E-state index in [0.29, 0.717) is 0 Å². The van der Waals surface area contributed by atoms with Crippen molar-refractivity contribution in [2.45, 2.75) is 11.1 Å². The van der Waals surface area contributed by atoms with Gasteiger partial charge in [-0.2, -0.15) is 0 Å². The molecule has 2 aliphatic carbocycles. The van der Waals surface area contributed by atoms with E-state index < -0.39 is 11.1 Å². The number of nitrogens with zero attached hydrogens (tertiary/aromatic N) is 1. The predicted molar refractivity (Wildman–Crippen MR) is 186 cm³/mol. The van der Waals surface area contributed by atoms with Crippen LogP contribution in [-0.4, -0.2) is 0 Å². The van der Waals surface area contributed by atoms with Gasteiger partial charge in [0.1, 0.15) is 22.2 Å². The molecule has 0 unspecified atom stereocenters. The summed E-state index contributed by atoms with van der Waals surface area (Å²) < 4.78 is 6.37. The van der Waals surface area contributed by atoms with Gasteiger partial charge >= 0.3 is 0 Å². The number of anilines is 1. The largest absolute Gasteiger partial charge is 0.456 e. The van der Waals surface area contributed by atoms with E-state index in [4.69, 9.17) is 4.42 Å². The van der Waals surface area contributed by atoms with E-state index in [-0.39, 0.29) is 0 Å². The molecule has 2 spiro atoms. The Morgan fingerprint density at radius 3 is 1.24 bits per heavy atom. The fourth-order valence-corrected chi connectivity index (χ4v) is 9.33. The summed E-state index contributed by atoms with van der Waals surface area (Å²) in [6, 6.07) is 60.6. The van der Waals surface area contributed by atoms with Crippen LogP contribution in [0.25, 0.3) is 44.2 Å². The molecule has 0 fully saturated rings. The van der Waals surface area contributed by atoms with Gasteiger partial charge in [-0.25, -0.2) is 0 Å². The molecule has 1 aromatic heterocycles. The lowest BCUT2D eigenvalue weighted by molar-refractivity contribution is 0.511. The third kappa shape index (κ3) is 2.64. The summed E-state index contributed by atoms with van der Waals surface area (Å²) in [6.45, 7) is 0. The second-order valence-electron chi connectivity index (χ2n) is 12.8. The van der Waals surface area contributed by atoms with Gasteiger partial charge in [0, 0.05) is 16.5 Å². The van der Waals surface area contributed by atoms with Gasteiger partial charge in [-0.1, -0.05) is 140 Å². The summed E-state index contributed by atoms with van der Waals surface area (Å²) in [4.78, 5) is 2.78. The fraction of sp³-hybridized carbons (Fsp3) is 0.0455. The predicted octanol–water partition coefficient (Wildman–Crippen LogP) is 10.7. The van der Waals surface area contributed by atoms with E-state index in [1.54, 1.807) is 0 Å². The number of hydrogen-bond acceptors (Lipinski definition) is 2. The van der Waals surface area contributed by atoms with E-state index in [2.05, 4.69) is 163 Å². The van der Waals surface area contributed by atoms with Crippen molar-refractivity contribution in [2.75, 3.05) is 4.90 Å². The monoisotopic (exact) mass is 585 g/mol. The number of para-hydroxylation sites is 1. The molecule has 1 aliphatic heterocycles. The van der Waals surface area contributed by atoms with Gasteiger partial charge in [0.25, 0.3) is 0 Å². The van der Waals surface area contributed by atoms with Crippen molar-refractivity contribution in [2.24, 2.45) is 0 Å². The molecule has 0 amide bonds. The summed E-state index contributed by atoms with van der Waals surface area (Å²) in [5.41, 5.74) is 14.9. The van der Waals surface area contributed by atoms with Crippen LogP contribution in [0.3, 0.4) is 0 Å². The molecule has 8 aromatic rings. The van der Waals surface area contributed by atoms with Crippen LogP contribution in [-0.2, 0) is 11.1 Å². The van der Waals surface area contributed by atoms with Gasteiger partial charge in [0.2, 0.25) is 0 Å². The van der Waals surface area contributed by atoms with Crippen LogP contribution in [0.15, 0.2) is 168 Å². The van der Waals surface area contributed by atoms with E-state index in [1.807, 2.05) is 6.07 Å².